The summed E-state index contributed by atoms with van der Waals surface area (Å²) in [6.07, 6.45) is -3.20. The molecule has 126 valence electrons. The van der Waals surface area contributed by atoms with Crippen LogP contribution in [0.25, 0.3) is 0 Å². The van der Waals surface area contributed by atoms with Gasteiger partial charge in [0.25, 0.3) is 0 Å². The van der Waals surface area contributed by atoms with Crippen molar-refractivity contribution < 1.29 is 32.5 Å². The van der Waals surface area contributed by atoms with Crippen LogP contribution in [0.4, 0.5) is 13.2 Å². The number of rotatable bonds is 4. The number of phenols is 1. The van der Waals surface area contributed by atoms with E-state index in [0.717, 1.165) is 6.08 Å². The lowest BCUT2D eigenvalue weighted by Gasteiger charge is -2.13. The van der Waals surface area contributed by atoms with Crippen molar-refractivity contribution in [3.05, 3.63) is 53.7 Å². The first-order valence-corrected chi connectivity index (χ1v) is 6.67. The first kappa shape index (κ1) is 17.6. The molecule has 5 nitrogen and oxygen atoms in total. The highest BCUT2D eigenvalue weighted by Crippen LogP contribution is 2.41. The lowest BCUT2D eigenvalue weighted by Crippen LogP contribution is -2.06. The summed E-state index contributed by atoms with van der Waals surface area (Å²) in [4.78, 5) is 14.8. The van der Waals surface area contributed by atoms with Crippen LogP contribution in [0.5, 0.6) is 23.1 Å². The number of hydrogen-bond donors (Lipinski definition) is 1. The number of para-hydroxylation sites is 1. The molecule has 0 saturated heterocycles. The van der Waals surface area contributed by atoms with E-state index in [-0.39, 0.29) is 17.4 Å². The number of carbonyl (C=O) groups excluding carboxylic acids is 1. The molecule has 0 spiro atoms. The number of phenolic OH excluding ortho intramolecular Hbond substituents is 1. The third-order valence-electron chi connectivity index (χ3n) is 2.67. The fourth-order valence-electron chi connectivity index (χ4n) is 1.59. The number of halogens is 4. The molecule has 0 atom stereocenters. The Morgan fingerprint density at radius 1 is 1.38 bits per heavy atom. The van der Waals surface area contributed by atoms with Gasteiger partial charge in [-0.1, -0.05) is 24.2 Å². The average Bonchev–Trinajstić information content (AvgIpc) is 2.51. The Morgan fingerprint density at radius 2 is 2.08 bits per heavy atom. The van der Waals surface area contributed by atoms with Crippen molar-refractivity contribution in [3.63, 3.8) is 0 Å². The molecule has 9 heteroatoms. The quantitative estimate of drug-likeness (QED) is 0.499. The Bertz CT molecular complexity index is 793. The van der Waals surface area contributed by atoms with E-state index in [1.165, 1.54) is 18.2 Å². The molecule has 0 aliphatic heterocycles. The van der Waals surface area contributed by atoms with Crippen molar-refractivity contribution in [2.75, 3.05) is 0 Å². The van der Waals surface area contributed by atoms with E-state index in [0.29, 0.717) is 12.3 Å². The summed E-state index contributed by atoms with van der Waals surface area (Å²) in [5.74, 6) is -2.16. The van der Waals surface area contributed by atoms with Gasteiger partial charge in [0, 0.05) is 12.3 Å². The molecule has 0 saturated carbocycles. The van der Waals surface area contributed by atoms with E-state index in [2.05, 4.69) is 11.6 Å². The lowest BCUT2D eigenvalue weighted by molar-refractivity contribution is -0.137. The zero-order chi connectivity index (χ0) is 17.9. The number of aromatic hydroxyl groups is 1. The second-order valence-corrected chi connectivity index (χ2v) is 4.75. The van der Waals surface area contributed by atoms with Gasteiger partial charge >= 0.3 is 12.1 Å². The number of alkyl halides is 3. The maximum Gasteiger partial charge on any atom is 0.417 e. The topological polar surface area (TPSA) is 68.7 Å². The lowest BCUT2D eigenvalue weighted by atomic mass is 10.2. The van der Waals surface area contributed by atoms with E-state index in [1.54, 1.807) is 0 Å². The largest absolute Gasteiger partial charge is 0.504 e. The van der Waals surface area contributed by atoms with Crippen molar-refractivity contribution in [2.45, 2.75) is 6.18 Å². The predicted molar refractivity (Wildman–Crippen MR) is 78.3 cm³/mol. The molecule has 24 heavy (non-hydrogen) atoms. The van der Waals surface area contributed by atoms with Gasteiger partial charge in [0.2, 0.25) is 11.6 Å². The minimum absolute atomic E-state index is 0.167. The summed E-state index contributed by atoms with van der Waals surface area (Å²) in [7, 11) is 0. The van der Waals surface area contributed by atoms with Crippen LogP contribution >= 0.6 is 11.6 Å². The van der Waals surface area contributed by atoms with Crippen molar-refractivity contribution in [2.24, 2.45) is 0 Å². The molecule has 1 N–H and O–H groups in total. The number of ether oxygens (including phenoxy) is 2. The fourth-order valence-corrected chi connectivity index (χ4v) is 1.79. The first-order chi connectivity index (χ1) is 11.2. The molecule has 0 aliphatic carbocycles. The van der Waals surface area contributed by atoms with Gasteiger partial charge < -0.3 is 14.6 Å². The highest BCUT2D eigenvalue weighted by atomic mass is 35.5. The van der Waals surface area contributed by atoms with Crippen LogP contribution in [0, 0.1) is 0 Å². The Labute approximate surface area is 138 Å². The Hall–Kier alpha value is -2.74. The highest BCUT2D eigenvalue weighted by Gasteiger charge is 2.32. The molecule has 0 radical (unpaired) electrons. The molecule has 2 aromatic rings. The molecule has 0 bridgehead atoms. The molecule has 0 amide bonds. The van der Waals surface area contributed by atoms with Gasteiger partial charge in [0.1, 0.15) is 5.02 Å². The maximum atomic E-state index is 12.6. The molecule has 1 heterocycles. The molecular weight excluding hydrogens is 351 g/mol. The summed E-state index contributed by atoms with van der Waals surface area (Å²) in [5, 5.41) is 9.33. The van der Waals surface area contributed by atoms with E-state index in [9.17, 15) is 23.1 Å². The molecule has 0 unspecified atom stereocenters. The van der Waals surface area contributed by atoms with Gasteiger partial charge in [-0.25, -0.2) is 9.78 Å². The number of carbonyl (C=O) groups is 1. The Kier molecular flexibility index (Phi) is 4.99. The maximum absolute atomic E-state index is 12.6. The standard InChI is InChI=1S/C15H9ClF3NO4/c1-2-12(22)24-13-10(21)4-3-5-11(13)23-14-9(16)6-8(7-20-14)15(17,18)19/h2-7,21H,1H2. The average molecular weight is 360 g/mol. The third kappa shape index (κ3) is 3.96. The summed E-state index contributed by atoms with van der Waals surface area (Å²) < 4.78 is 47.8. The van der Waals surface area contributed by atoms with Gasteiger partial charge in [-0.3, -0.25) is 0 Å². The first-order valence-electron chi connectivity index (χ1n) is 6.29. The van der Waals surface area contributed by atoms with Crippen molar-refractivity contribution in [1.82, 2.24) is 4.98 Å². The van der Waals surface area contributed by atoms with E-state index < -0.39 is 28.5 Å². The number of aromatic nitrogens is 1. The summed E-state index contributed by atoms with van der Waals surface area (Å²) >= 11 is 5.74. The van der Waals surface area contributed by atoms with Crippen LogP contribution in [0.15, 0.2) is 43.1 Å². The Balaban J connectivity index is 2.36. The molecule has 0 aliphatic rings. The van der Waals surface area contributed by atoms with Crippen LogP contribution in [0.2, 0.25) is 5.02 Å². The van der Waals surface area contributed by atoms with Crippen LogP contribution in [-0.2, 0) is 11.0 Å². The molecular formula is C15H9ClF3NO4. The van der Waals surface area contributed by atoms with E-state index in [1.807, 2.05) is 0 Å². The van der Waals surface area contributed by atoms with Gasteiger partial charge in [0.15, 0.2) is 11.5 Å². The van der Waals surface area contributed by atoms with Gasteiger partial charge in [-0.15, -0.1) is 0 Å². The number of benzene rings is 1. The molecule has 1 aromatic heterocycles. The van der Waals surface area contributed by atoms with Gasteiger partial charge in [-0.05, 0) is 18.2 Å². The minimum atomic E-state index is -4.61. The highest BCUT2D eigenvalue weighted by molar-refractivity contribution is 6.31. The van der Waals surface area contributed by atoms with E-state index in [4.69, 9.17) is 21.1 Å². The molecule has 2 rings (SSSR count). The van der Waals surface area contributed by atoms with Crippen LogP contribution < -0.4 is 9.47 Å². The number of pyridine rings is 1. The third-order valence-corrected chi connectivity index (χ3v) is 2.94. The smallest absolute Gasteiger partial charge is 0.417 e. The summed E-state index contributed by atoms with van der Waals surface area (Å²) in [6, 6.07) is 4.54. The second kappa shape index (κ2) is 6.79. The summed E-state index contributed by atoms with van der Waals surface area (Å²) in [5.41, 5.74) is -1.05. The number of esters is 1. The normalized spacial score (nSPS) is 11.0. The molecule has 1 aromatic carbocycles. The predicted octanol–water partition coefficient (Wildman–Crippen LogP) is 4.34. The minimum Gasteiger partial charge on any atom is -0.504 e. The molecule has 0 fully saturated rings. The van der Waals surface area contributed by atoms with Gasteiger partial charge in [-0.2, -0.15) is 13.2 Å². The zero-order valence-corrected chi connectivity index (χ0v) is 12.6. The van der Waals surface area contributed by atoms with Crippen molar-refractivity contribution in [1.29, 1.82) is 0 Å². The number of nitrogens with zero attached hydrogens (tertiary/aromatic N) is 1. The summed E-state index contributed by atoms with van der Waals surface area (Å²) in [6.45, 7) is 3.21. The second-order valence-electron chi connectivity index (χ2n) is 4.34. The Morgan fingerprint density at radius 3 is 2.67 bits per heavy atom. The van der Waals surface area contributed by atoms with Crippen molar-refractivity contribution >= 4 is 17.6 Å². The zero-order valence-electron chi connectivity index (χ0n) is 11.8. The monoisotopic (exact) mass is 359 g/mol. The van der Waals surface area contributed by atoms with Crippen LogP contribution in [-0.4, -0.2) is 16.1 Å². The van der Waals surface area contributed by atoms with Crippen LogP contribution in [0.1, 0.15) is 5.56 Å². The van der Waals surface area contributed by atoms with Crippen molar-refractivity contribution in [3.8, 4) is 23.1 Å². The fraction of sp³-hybridized carbons (Fsp3) is 0.0667. The van der Waals surface area contributed by atoms with Crippen LogP contribution in [0.3, 0.4) is 0 Å². The number of hydrogen-bond acceptors (Lipinski definition) is 5. The van der Waals surface area contributed by atoms with E-state index >= 15 is 0 Å². The SMILES string of the molecule is C=CC(=O)Oc1c(O)cccc1Oc1ncc(C(F)(F)F)cc1Cl. The van der Waals surface area contributed by atoms with Gasteiger partial charge in [0.05, 0.1) is 5.56 Å².